The summed E-state index contributed by atoms with van der Waals surface area (Å²) in [6, 6.07) is 2.65. The van der Waals surface area contributed by atoms with E-state index in [0.717, 1.165) is 6.42 Å². The van der Waals surface area contributed by atoms with E-state index in [0.29, 0.717) is 25.4 Å². The molecule has 0 bridgehead atoms. The number of furan rings is 1. The zero-order valence-corrected chi connectivity index (χ0v) is 9.83. The first-order valence-electron chi connectivity index (χ1n) is 5.85. The number of nitrogens with zero attached hydrogens (tertiary/aromatic N) is 1. The Hall–Kier alpha value is -1.82. The van der Waals surface area contributed by atoms with Crippen LogP contribution in [0.3, 0.4) is 0 Å². The molecule has 1 fully saturated rings. The molecule has 1 atom stereocenters. The lowest BCUT2D eigenvalue weighted by Crippen LogP contribution is -2.28. The molecule has 1 aromatic heterocycles. The fraction of sp³-hybridized carbons (Fsp3) is 0.500. The van der Waals surface area contributed by atoms with Crippen LogP contribution in [0.4, 0.5) is 0 Å². The number of hydrogen-bond acceptors (Lipinski definition) is 4. The first kappa shape index (κ1) is 12.6. The number of rotatable bonds is 4. The van der Waals surface area contributed by atoms with Gasteiger partial charge in [0.25, 0.3) is 5.91 Å². The van der Waals surface area contributed by atoms with E-state index in [1.54, 1.807) is 4.90 Å². The highest BCUT2D eigenvalue weighted by Crippen LogP contribution is 2.21. The number of aliphatic hydroxyl groups excluding tert-OH is 1. The molecule has 1 aromatic rings. The summed E-state index contributed by atoms with van der Waals surface area (Å²) in [6.07, 6.45) is 1.54. The Balaban J connectivity index is 2.01. The highest BCUT2D eigenvalue weighted by atomic mass is 16.4. The molecule has 6 heteroatoms. The van der Waals surface area contributed by atoms with Gasteiger partial charge in [-0.1, -0.05) is 0 Å². The largest absolute Gasteiger partial charge is 0.475 e. The van der Waals surface area contributed by atoms with Gasteiger partial charge in [0.05, 0.1) is 0 Å². The van der Waals surface area contributed by atoms with Crippen LogP contribution in [0, 0.1) is 5.92 Å². The van der Waals surface area contributed by atoms with Gasteiger partial charge in [0.2, 0.25) is 5.76 Å². The Labute approximate surface area is 104 Å². The van der Waals surface area contributed by atoms with Crippen molar-refractivity contribution < 1.29 is 24.2 Å². The minimum atomic E-state index is -1.19. The molecule has 0 radical (unpaired) electrons. The van der Waals surface area contributed by atoms with E-state index >= 15 is 0 Å². The van der Waals surface area contributed by atoms with Gasteiger partial charge in [0, 0.05) is 19.7 Å². The van der Waals surface area contributed by atoms with Gasteiger partial charge < -0.3 is 19.5 Å². The first-order chi connectivity index (χ1) is 8.61. The van der Waals surface area contributed by atoms with Crippen molar-refractivity contribution in [1.82, 2.24) is 4.90 Å². The van der Waals surface area contributed by atoms with Crippen molar-refractivity contribution in [3.8, 4) is 0 Å². The summed E-state index contributed by atoms with van der Waals surface area (Å²) in [6.45, 7) is 1.33. The fourth-order valence-corrected chi connectivity index (χ4v) is 2.16. The fourth-order valence-electron chi connectivity index (χ4n) is 2.16. The van der Waals surface area contributed by atoms with E-state index in [9.17, 15) is 9.59 Å². The SMILES string of the molecule is O=C(O)c1ccc(C(=O)N2CCC(CCO)C2)o1. The number of carboxylic acid groups (broad SMARTS) is 1. The lowest BCUT2D eigenvalue weighted by atomic mass is 10.1. The van der Waals surface area contributed by atoms with E-state index in [4.69, 9.17) is 14.6 Å². The average Bonchev–Trinajstić information content (AvgIpc) is 2.97. The molecule has 1 saturated heterocycles. The van der Waals surface area contributed by atoms with Crippen LogP contribution in [0.25, 0.3) is 0 Å². The highest BCUT2D eigenvalue weighted by Gasteiger charge is 2.28. The molecule has 1 aliphatic heterocycles. The molecule has 98 valence electrons. The molecule has 0 aliphatic carbocycles. The van der Waals surface area contributed by atoms with Gasteiger partial charge in [-0.05, 0) is 30.9 Å². The van der Waals surface area contributed by atoms with Crippen molar-refractivity contribution in [2.24, 2.45) is 5.92 Å². The Kier molecular flexibility index (Phi) is 3.66. The molecular formula is C12H15NO5. The van der Waals surface area contributed by atoms with Crippen LogP contribution in [0.15, 0.2) is 16.5 Å². The first-order valence-corrected chi connectivity index (χ1v) is 5.85. The van der Waals surface area contributed by atoms with Gasteiger partial charge in [-0.2, -0.15) is 0 Å². The third-order valence-corrected chi connectivity index (χ3v) is 3.14. The number of likely N-dealkylation sites (tertiary alicyclic amines) is 1. The van der Waals surface area contributed by atoms with Crippen LogP contribution >= 0.6 is 0 Å². The standard InChI is InChI=1S/C12H15NO5/c14-6-4-8-3-5-13(7-8)11(15)9-1-2-10(18-9)12(16)17/h1-2,8,14H,3-7H2,(H,16,17). The van der Waals surface area contributed by atoms with Crippen molar-refractivity contribution in [2.45, 2.75) is 12.8 Å². The number of carbonyl (C=O) groups is 2. The smallest absolute Gasteiger partial charge is 0.371 e. The molecule has 0 saturated carbocycles. The molecule has 1 unspecified atom stereocenters. The second-order valence-electron chi connectivity index (χ2n) is 4.39. The van der Waals surface area contributed by atoms with Gasteiger partial charge in [-0.25, -0.2) is 4.79 Å². The van der Waals surface area contributed by atoms with Crippen molar-refractivity contribution >= 4 is 11.9 Å². The van der Waals surface area contributed by atoms with Gasteiger partial charge in [0.1, 0.15) is 0 Å². The number of carboxylic acids is 1. The van der Waals surface area contributed by atoms with Gasteiger partial charge in [-0.3, -0.25) is 4.79 Å². The van der Waals surface area contributed by atoms with Gasteiger partial charge in [0.15, 0.2) is 5.76 Å². The maximum absolute atomic E-state index is 12.0. The third-order valence-electron chi connectivity index (χ3n) is 3.14. The van der Waals surface area contributed by atoms with E-state index in [2.05, 4.69) is 0 Å². The Bertz CT molecular complexity index is 453. The van der Waals surface area contributed by atoms with Crippen LogP contribution in [0.1, 0.15) is 34.0 Å². The summed E-state index contributed by atoms with van der Waals surface area (Å²) in [5.74, 6) is -1.34. The number of amides is 1. The van der Waals surface area contributed by atoms with Crippen molar-refractivity contribution in [3.05, 3.63) is 23.7 Å². The summed E-state index contributed by atoms with van der Waals surface area (Å²) >= 11 is 0. The van der Waals surface area contributed by atoms with E-state index < -0.39 is 5.97 Å². The second-order valence-corrected chi connectivity index (χ2v) is 4.39. The molecule has 6 nitrogen and oxygen atoms in total. The number of aliphatic hydroxyl groups is 1. The van der Waals surface area contributed by atoms with Crippen LogP contribution in [-0.4, -0.2) is 46.7 Å². The van der Waals surface area contributed by atoms with Crippen LogP contribution < -0.4 is 0 Å². The van der Waals surface area contributed by atoms with Crippen LogP contribution in [0.5, 0.6) is 0 Å². The summed E-state index contributed by atoms with van der Waals surface area (Å²) in [7, 11) is 0. The zero-order valence-electron chi connectivity index (χ0n) is 9.83. The van der Waals surface area contributed by atoms with E-state index in [1.165, 1.54) is 12.1 Å². The number of hydrogen-bond donors (Lipinski definition) is 2. The summed E-state index contributed by atoms with van der Waals surface area (Å²) in [4.78, 5) is 24.3. The molecule has 1 amide bonds. The van der Waals surface area contributed by atoms with Crippen molar-refractivity contribution in [3.63, 3.8) is 0 Å². The van der Waals surface area contributed by atoms with E-state index in [1.807, 2.05) is 0 Å². The minimum Gasteiger partial charge on any atom is -0.475 e. The monoisotopic (exact) mass is 253 g/mol. The maximum Gasteiger partial charge on any atom is 0.371 e. The van der Waals surface area contributed by atoms with Crippen molar-refractivity contribution in [1.29, 1.82) is 0 Å². The summed E-state index contributed by atoms with van der Waals surface area (Å²) in [5, 5.41) is 17.6. The lowest BCUT2D eigenvalue weighted by molar-refractivity contribution is 0.0653. The topological polar surface area (TPSA) is 91.0 Å². The molecular weight excluding hydrogens is 238 g/mol. The quantitative estimate of drug-likeness (QED) is 0.829. The molecule has 0 aromatic carbocycles. The molecule has 2 N–H and O–H groups in total. The Morgan fingerprint density at radius 3 is 2.72 bits per heavy atom. The minimum absolute atomic E-state index is 0.0528. The molecule has 2 heterocycles. The highest BCUT2D eigenvalue weighted by molar-refractivity contribution is 5.93. The predicted molar refractivity (Wildman–Crippen MR) is 61.4 cm³/mol. The third kappa shape index (κ3) is 2.53. The maximum atomic E-state index is 12.0. The normalized spacial score (nSPS) is 19.2. The summed E-state index contributed by atoms with van der Waals surface area (Å²) < 4.78 is 4.97. The molecule has 18 heavy (non-hydrogen) atoms. The molecule has 0 spiro atoms. The van der Waals surface area contributed by atoms with Crippen LogP contribution in [0.2, 0.25) is 0 Å². The van der Waals surface area contributed by atoms with E-state index in [-0.39, 0.29) is 24.0 Å². The lowest BCUT2D eigenvalue weighted by Gasteiger charge is -2.14. The number of carbonyl (C=O) groups excluding carboxylic acids is 1. The Morgan fingerprint density at radius 1 is 1.39 bits per heavy atom. The predicted octanol–water partition coefficient (Wildman–Crippen LogP) is 0.822. The van der Waals surface area contributed by atoms with Gasteiger partial charge in [-0.15, -0.1) is 0 Å². The van der Waals surface area contributed by atoms with Gasteiger partial charge >= 0.3 is 5.97 Å². The zero-order chi connectivity index (χ0) is 13.1. The number of aromatic carboxylic acids is 1. The van der Waals surface area contributed by atoms with Crippen molar-refractivity contribution in [2.75, 3.05) is 19.7 Å². The summed E-state index contributed by atoms with van der Waals surface area (Å²) in [5.41, 5.74) is 0. The average molecular weight is 253 g/mol. The van der Waals surface area contributed by atoms with Crippen LogP contribution in [-0.2, 0) is 0 Å². The molecule has 1 aliphatic rings. The molecule has 2 rings (SSSR count). The Morgan fingerprint density at radius 2 is 2.11 bits per heavy atom. The second kappa shape index (κ2) is 5.22.